The van der Waals surface area contributed by atoms with Gasteiger partial charge < -0.3 is 15.4 Å². The van der Waals surface area contributed by atoms with Gasteiger partial charge in [0.1, 0.15) is 6.04 Å². The topological polar surface area (TPSA) is 95.1 Å². The molecule has 2 aromatic rings. The van der Waals surface area contributed by atoms with Crippen LogP contribution in [0, 0.1) is 6.92 Å². The largest absolute Gasteiger partial charge is 0.480 e. The standard InChI is InChI=1S/C14H14BrN3O3/c1-8-10(3-2-4-11(8)15)13(19)18-12(14(20)21)5-9-6-16-7-17-9/h2-4,6-7,12H,5H2,1H3,(H,16,17)(H,18,19)(H,20,21)/t12-/m0/s1. The summed E-state index contributed by atoms with van der Waals surface area (Å²) in [7, 11) is 0. The third-order valence-electron chi connectivity index (χ3n) is 3.09. The van der Waals surface area contributed by atoms with Gasteiger partial charge in [0.25, 0.3) is 5.91 Å². The van der Waals surface area contributed by atoms with E-state index in [4.69, 9.17) is 0 Å². The third-order valence-corrected chi connectivity index (χ3v) is 3.95. The molecular weight excluding hydrogens is 338 g/mol. The third kappa shape index (κ3) is 3.69. The first kappa shape index (κ1) is 15.2. The number of aliphatic carboxylic acids is 1. The van der Waals surface area contributed by atoms with Crippen molar-refractivity contribution in [2.75, 3.05) is 0 Å². The van der Waals surface area contributed by atoms with Crippen LogP contribution in [0.3, 0.4) is 0 Å². The van der Waals surface area contributed by atoms with Crippen molar-refractivity contribution in [3.8, 4) is 0 Å². The fourth-order valence-corrected chi connectivity index (χ4v) is 2.27. The molecule has 0 saturated carbocycles. The zero-order valence-corrected chi connectivity index (χ0v) is 12.8. The van der Waals surface area contributed by atoms with Crippen molar-refractivity contribution in [3.05, 3.63) is 52.0 Å². The zero-order valence-electron chi connectivity index (χ0n) is 11.3. The van der Waals surface area contributed by atoms with E-state index in [2.05, 4.69) is 31.2 Å². The van der Waals surface area contributed by atoms with E-state index in [-0.39, 0.29) is 6.42 Å². The molecule has 1 atom stereocenters. The van der Waals surface area contributed by atoms with Crippen LogP contribution in [0.25, 0.3) is 0 Å². The average molecular weight is 352 g/mol. The molecule has 0 saturated heterocycles. The maximum Gasteiger partial charge on any atom is 0.326 e. The van der Waals surface area contributed by atoms with Crippen LogP contribution in [0.15, 0.2) is 35.2 Å². The highest BCUT2D eigenvalue weighted by Crippen LogP contribution is 2.19. The highest BCUT2D eigenvalue weighted by Gasteiger charge is 2.22. The van der Waals surface area contributed by atoms with Gasteiger partial charge in [0.2, 0.25) is 0 Å². The Hall–Kier alpha value is -2.15. The highest BCUT2D eigenvalue weighted by molar-refractivity contribution is 9.10. The van der Waals surface area contributed by atoms with Gasteiger partial charge in [-0.2, -0.15) is 0 Å². The number of carbonyl (C=O) groups is 2. The van der Waals surface area contributed by atoms with Gasteiger partial charge in [-0.05, 0) is 24.6 Å². The fourth-order valence-electron chi connectivity index (χ4n) is 1.91. The van der Waals surface area contributed by atoms with Gasteiger partial charge in [0.15, 0.2) is 0 Å². The lowest BCUT2D eigenvalue weighted by atomic mass is 10.1. The lowest BCUT2D eigenvalue weighted by Gasteiger charge is -2.15. The molecular formula is C14H14BrN3O3. The van der Waals surface area contributed by atoms with Gasteiger partial charge in [-0.3, -0.25) is 4.79 Å². The normalized spacial score (nSPS) is 11.9. The van der Waals surface area contributed by atoms with Gasteiger partial charge >= 0.3 is 5.97 Å². The van der Waals surface area contributed by atoms with E-state index < -0.39 is 17.9 Å². The number of aromatic amines is 1. The Balaban J connectivity index is 2.15. The molecule has 0 aliphatic carbocycles. The van der Waals surface area contributed by atoms with Gasteiger partial charge in [-0.15, -0.1) is 0 Å². The van der Waals surface area contributed by atoms with E-state index in [0.717, 1.165) is 10.0 Å². The van der Waals surface area contributed by atoms with Crippen LogP contribution in [-0.2, 0) is 11.2 Å². The zero-order chi connectivity index (χ0) is 15.4. The van der Waals surface area contributed by atoms with E-state index in [1.807, 2.05) is 6.07 Å². The number of nitrogens with one attached hydrogen (secondary N) is 2. The number of halogens is 1. The number of carboxylic acid groups (broad SMARTS) is 1. The van der Waals surface area contributed by atoms with Gasteiger partial charge in [-0.1, -0.05) is 22.0 Å². The number of nitrogens with zero attached hydrogens (tertiary/aromatic N) is 1. The Bertz CT molecular complexity index is 655. The fraction of sp³-hybridized carbons (Fsp3) is 0.214. The molecule has 1 aromatic carbocycles. The number of amides is 1. The number of imidazole rings is 1. The first-order chi connectivity index (χ1) is 9.99. The van der Waals surface area contributed by atoms with Gasteiger partial charge in [0.05, 0.1) is 6.33 Å². The van der Waals surface area contributed by atoms with Crippen molar-refractivity contribution in [1.82, 2.24) is 15.3 Å². The molecule has 0 radical (unpaired) electrons. The van der Waals surface area contributed by atoms with Crippen LogP contribution in [0.5, 0.6) is 0 Å². The molecule has 0 unspecified atom stereocenters. The monoisotopic (exact) mass is 351 g/mol. The number of rotatable bonds is 5. The summed E-state index contributed by atoms with van der Waals surface area (Å²) >= 11 is 3.35. The minimum atomic E-state index is -1.09. The smallest absolute Gasteiger partial charge is 0.326 e. The quantitative estimate of drug-likeness (QED) is 0.766. The maximum absolute atomic E-state index is 12.2. The Labute approximate surface area is 129 Å². The Morgan fingerprint density at radius 1 is 1.48 bits per heavy atom. The lowest BCUT2D eigenvalue weighted by molar-refractivity contribution is -0.139. The first-order valence-corrected chi connectivity index (χ1v) is 7.04. The number of hydrogen-bond acceptors (Lipinski definition) is 3. The molecule has 7 heteroatoms. The molecule has 0 fully saturated rings. The Kier molecular flexibility index (Phi) is 4.74. The molecule has 21 heavy (non-hydrogen) atoms. The molecule has 3 N–H and O–H groups in total. The van der Waals surface area contributed by atoms with Crippen LogP contribution < -0.4 is 5.32 Å². The molecule has 1 aromatic heterocycles. The number of hydrogen-bond donors (Lipinski definition) is 3. The number of benzene rings is 1. The summed E-state index contributed by atoms with van der Waals surface area (Å²) in [5.74, 6) is -1.51. The summed E-state index contributed by atoms with van der Waals surface area (Å²) < 4.78 is 0.801. The molecule has 1 heterocycles. The van der Waals surface area contributed by atoms with Crippen molar-refractivity contribution >= 4 is 27.8 Å². The molecule has 0 aliphatic rings. The van der Waals surface area contributed by atoms with Crippen LogP contribution in [0.2, 0.25) is 0 Å². The molecule has 2 rings (SSSR count). The maximum atomic E-state index is 12.2. The highest BCUT2D eigenvalue weighted by atomic mass is 79.9. The van der Waals surface area contributed by atoms with Crippen molar-refractivity contribution < 1.29 is 14.7 Å². The number of H-pyrrole nitrogens is 1. The second kappa shape index (κ2) is 6.53. The second-order valence-corrected chi connectivity index (χ2v) is 5.41. The lowest BCUT2D eigenvalue weighted by Crippen LogP contribution is -2.42. The first-order valence-electron chi connectivity index (χ1n) is 6.25. The SMILES string of the molecule is Cc1c(Br)cccc1C(=O)N[C@@H](Cc1cnc[nH]1)C(=O)O. The summed E-state index contributed by atoms with van der Waals surface area (Å²) in [5, 5.41) is 11.8. The summed E-state index contributed by atoms with van der Waals surface area (Å²) in [6.07, 6.45) is 3.15. The van der Waals surface area contributed by atoms with Gasteiger partial charge in [-0.25, -0.2) is 9.78 Å². The predicted octanol–water partition coefficient (Wildman–Crippen LogP) is 1.91. The number of aromatic nitrogens is 2. The summed E-state index contributed by atoms with van der Waals surface area (Å²) in [6, 6.07) is 4.20. The van der Waals surface area contributed by atoms with E-state index in [1.165, 1.54) is 12.5 Å². The summed E-state index contributed by atoms with van der Waals surface area (Å²) in [6.45, 7) is 1.80. The molecule has 1 amide bonds. The van der Waals surface area contributed by atoms with Crippen LogP contribution in [0.1, 0.15) is 21.6 Å². The Morgan fingerprint density at radius 2 is 2.24 bits per heavy atom. The average Bonchev–Trinajstić information content (AvgIpc) is 2.93. The van der Waals surface area contributed by atoms with Crippen molar-refractivity contribution in [3.63, 3.8) is 0 Å². The van der Waals surface area contributed by atoms with Crippen LogP contribution in [0.4, 0.5) is 0 Å². The molecule has 6 nitrogen and oxygen atoms in total. The molecule has 0 aliphatic heterocycles. The summed E-state index contributed by atoms with van der Waals surface area (Å²) in [5.41, 5.74) is 1.86. The number of carbonyl (C=O) groups excluding carboxylic acids is 1. The molecule has 110 valence electrons. The summed E-state index contributed by atoms with van der Waals surface area (Å²) in [4.78, 5) is 30.2. The van der Waals surface area contributed by atoms with E-state index in [0.29, 0.717) is 11.3 Å². The van der Waals surface area contributed by atoms with Gasteiger partial charge in [0, 0.05) is 28.3 Å². The van der Waals surface area contributed by atoms with E-state index in [1.54, 1.807) is 19.1 Å². The minimum Gasteiger partial charge on any atom is -0.480 e. The Morgan fingerprint density at radius 3 is 2.86 bits per heavy atom. The number of carboxylic acids is 1. The molecule has 0 spiro atoms. The second-order valence-electron chi connectivity index (χ2n) is 4.56. The predicted molar refractivity (Wildman–Crippen MR) is 80.1 cm³/mol. The minimum absolute atomic E-state index is 0.147. The van der Waals surface area contributed by atoms with Crippen LogP contribution >= 0.6 is 15.9 Å². The van der Waals surface area contributed by atoms with Crippen molar-refractivity contribution in [2.45, 2.75) is 19.4 Å². The molecule has 0 bridgehead atoms. The van der Waals surface area contributed by atoms with Crippen molar-refractivity contribution in [2.24, 2.45) is 0 Å². The van der Waals surface area contributed by atoms with E-state index >= 15 is 0 Å². The van der Waals surface area contributed by atoms with Crippen molar-refractivity contribution in [1.29, 1.82) is 0 Å². The van der Waals surface area contributed by atoms with Crippen LogP contribution in [-0.4, -0.2) is 33.0 Å². The van der Waals surface area contributed by atoms with E-state index in [9.17, 15) is 14.7 Å².